The van der Waals surface area contributed by atoms with Gasteiger partial charge < -0.3 is 22.2 Å². The highest BCUT2D eigenvalue weighted by Crippen LogP contribution is 2.41. The third-order valence-electron chi connectivity index (χ3n) is 4.40. The molecule has 0 bridgehead atoms. The molecule has 1 unspecified atom stereocenters. The van der Waals surface area contributed by atoms with Crippen LogP contribution in [0.4, 0.5) is 5.69 Å². The summed E-state index contributed by atoms with van der Waals surface area (Å²) in [5, 5.41) is 0. The second-order valence-corrected chi connectivity index (χ2v) is 6.61. The van der Waals surface area contributed by atoms with Crippen molar-refractivity contribution >= 4 is 11.6 Å². The number of nitrogens with zero attached hydrogens (tertiary/aromatic N) is 1. The number of carbonyl (C=O) groups excluding carboxylic acids is 1. The molecule has 122 valence electrons. The molecule has 4 heteroatoms. The minimum atomic E-state index is -0.440. The number of anilines is 1. The van der Waals surface area contributed by atoms with Crippen LogP contribution in [0.1, 0.15) is 18.1 Å². The van der Waals surface area contributed by atoms with Crippen molar-refractivity contribution in [1.29, 1.82) is 0 Å². The Kier molecular flexibility index (Phi) is 5.12. The van der Waals surface area contributed by atoms with E-state index in [4.69, 9.17) is 0 Å². The Morgan fingerprint density at radius 3 is 2.26 bits per heavy atom. The Labute approximate surface area is 144 Å². The van der Waals surface area contributed by atoms with Crippen LogP contribution in [0.25, 0.3) is 0 Å². The van der Waals surface area contributed by atoms with Gasteiger partial charge in [0.05, 0.1) is 27.2 Å². The molecule has 2 aromatic rings. The number of hydrogen-bond donors (Lipinski definition) is 1. The number of halogens is 1. The first-order chi connectivity index (χ1) is 10.5. The van der Waals surface area contributed by atoms with Crippen LogP contribution in [-0.2, 0) is 16.8 Å². The van der Waals surface area contributed by atoms with Crippen molar-refractivity contribution in [2.45, 2.75) is 18.9 Å². The van der Waals surface area contributed by atoms with E-state index in [1.54, 1.807) is 0 Å². The summed E-state index contributed by atoms with van der Waals surface area (Å²) in [6, 6.07) is 18.4. The number of fused-ring (bicyclic) bond motifs is 1. The van der Waals surface area contributed by atoms with Gasteiger partial charge in [-0.25, -0.2) is 0 Å². The summed E-state index contributed by atoms with van der Waals surface area (Å²) in [4.78, 5) is 16.4. The molecule has 0 aromatic heterocycles. The number of nitrogens with one attached hydrogen (secondary N) is 1. The van der Waals surface area contributed by atoms with Crippen LogP contribution < -0.4 is 22.2 Å². The number of para-hydroxylation sites is 1. The topological polar surface area (TPSA) is 24.8 Å². The zero-order chi connectivity index (χ0) is 15.7. The second kappa shape index (κ2) is 6.73. The molecule has 1 N–H and O–H groups in total. The van der Waals surface area contributed by atoms with E-state index in [-0.39, 0.29) is 18.3 Å². The monoisotopic (exact) mass is 330 g/mol. The van der Waals surface area contributed by atoms with E-state index >= 15 is 0 Å². The predicted molar refractivity (Wildman–Crippen MR) is 89.1 cm³/mol. The van der Waals surface area contributed by atoms with E-state index in [1.807, 2.05) is 35.2 Å². The lowest BCUT2D eigenvalue weighted by molar-refractivity contribution is -0.861. The summed E-state index contributed by atoms with van der Waals surface area (Å²) in [6.45, 7) is 3.51. The van der Waals surface area contributed by atoms with Crippen molar-refractivity contribution in [2.24, 2.45) is 0 Å². The molecule has 1 aliphatic heterocycles. The zero-order valence-corrected chi connectivity index (χ0v) is 14.6. The van der Waals surface area contributed by atoms with Gasteiger partial charge in [0, 0.05) is 5.69 Å². The lowest BCUT2D eigenvalue weighted by Gasteiger charge is -2.25. The molecule has 2 aromatic carbocycles. The number of carbonyl (C=O) groups is 1. The predicted octanol–water partition coefficient (Wildman–Crippen LogP) is -1.36. The van der Waals surface area contributed by atoms with Crippen molar-refractivity contribution < 1.29 is 22.1 Å². The molecule has 0 fully saturated rings. The van der Waals surface area contributed by atoms with Gasteiger partial charge in [-0.1, -0.05) is 48.5 Å². The minimum Gasteiger partial charge on any atom is -1.00 e. The average Bonchev–Trinajstić information content (AvgIpc) is 2.70. The van der Waals surface area contributed by atoms with Crippen molar-refractivity contribution in [1.82, 2.24) is 0 Å². The molecule has 3 nitrogen and oxygen atoms in total. The lowest BCUT2D eigenvalue weighted by atomic mass is 9.83. The number of rotatable bonds is 4. The maximum absolute atomic E-state index is 13.1. The SMILES string of the molecule is C[NH+](C)CC1(C)C(=O)N(Cc2ccccc2)c2ccccc21.[Cl-]. The number of benzene rings is 2. The molecule has 23 heavy (non-hydrogen) atoms. The summed E-state index contributed by atoms with van der Waals surface area (Å²) in [5.74, 6) is 0.207. The summed E-state index contributed by atoms with van der Waals surface area (Å²) in [7, 11) is 4.20. The Hall–Kier alpha value is -1.84. The molecule has 3 rings (SSSR count). The summed E-state index contributed by atoms with van der Waals surface area (Å²) in [5.41, 5.74) is 2.92. The molecule has 1 atom stereocenters. The molecule has 0 radical (unpaired) electrons. The maximum atomic E-state index is 13.1. The third kappa shape index (κ3) is 3.12. The van der Waals surface area contributed by atoms with Crippen molar-refractivity contribution in [3.8, 4) is 0 Å². The van der Waals surface area contributed by atoms with Crippen LogP contribution in [0, 0.1) is 0 Å². The summed E-state index contributed by atoms with van der Waals surface area (Å²) >= 11 is 0. The van der Waals surface area contributed by atoms with E-state index in [0.29, 0.717) is 6.54 Å². The fraction of sp³-hybridized carbons (Fsp3) is 0.316. The molecule has 1 heterocycles. The molecule has 0 spiro atoms. The van der Waals surface area contributed by atoms with Crippen molar-refractivity contribution in [3.63, 3.8) is 0 Å². The van der Waals surface area contributed by atoms with E-state index in [0.717, 1.165) is 23.4 Å². The van der Waals surface area contributed by atoms with Gasteiger partial charge in [-0.15, -0.1) is 0 Å². The van der Waals surface area contributed by atoms with Gasteiger partial charge in [-0.05, 0) is 24.1 Å². The largest absolute Gasteiger partial charge is 1.00 e. The van der Waals surface area contributed by atoms with Gasteiger partial charge in [0.25, 0.3) is 0 Å². The van der Waals surface area contributed by atoms with Crippen molar-refractivity contribution in [3.05, 3.63) is 65.7 Å². The maximum Gasteiger partial charge on any atom is 0.243 e. The van der Waals surface area contributed by atoms with Crippen LogP contribution in [0.3, 0.4) is 0 Å². The zero-order valence-electron chi connectivity index (χ0n) is 13.8. The molecular weight excluding hydrogens is 308 g/mol. The number of quaternary nitrogens is 1. The average molecular weight is 331 g/mol. The smallest absolute Gasteiger partial charge is 0.243 e. The fourth-order valence-corrected chi connectivity index (χ4v) is 3.50. The van der Waals surface area contributed by atoms with Gasteiger partial charge in [-0.3, -0.25) is 4.79 Å². The highest BCUT2D eigenvalue weighted by atomic mass is 35.5. The normalized spacial score (nSPS) is 19.7. The van der Waals surface area contributed by atoms with Crippen LogP contribution >= 0.6 is 0 Å². The van der Waals surface area contributed by atoms with Crippen LogP contribution in [-0.4, -0.2) is 26.5 Å². The number of amides is 1. The van der Waals surface area contributed by atoms with E-state index in [9.17, 15) is 4.79 Å². The second-order valence-electron chi connectivity index (χ2n) is 6.61. The Balaban J connectivity index is 0.00000192. The highest BCUT2D eigenvalue weighted by Gasteiger charge is 2.49. The van der Waals surface area contributed by atoms with Crippen LogP contribution in [0.15, 0.2) is 54.6 Å². The summed E-state index contributed by atoms with van der Waals surface area (Å²) in [6.07, 6.45) is 0. The Bertz CT molecular complexity index is 687. The summed E-state index contributed by atoms with van der Waals surface area (Å²) < 4.78 is 0. The molecule has 0 saturated carbocycles. The Morgan fingerprint density at radius 1 is 1.00 bits per heavy atom. The van der Waals surface area contributed by atoms with Gasteiger partial charge in [-0.2, -0.15) is 0 Å². The number of hydrogen-bond acceptors (Lipinski definition) is 1. The van der Waals surface area contributed by atoms with E-state index in [2.05, 4.69) is 45.3 Å². The first kappa shape index (κ1) is 17.5. The fourth-order valence-electron chi connectivity index (χ4n) is 3.50. The number of likely N-dealkylation sites (N-methyl/N-ethyl adjacent to an activating group) is 1. The van der Waals surface area contributed by atoms with Gasteiger partial charge in [0.15, 0.2) is 0 Å². The standard InChI is InChI=1S/C19H22N2O.ClH/c1-19(14-20(2)3)16-11-7-8-12-17(16)21(18(19)22)13-15-9-5-4-6-10-15;/h4-12H,13-14H2,1-3H3;1H. The van der Waals surface area contributed by atoms with E-state index < -0.39 is 5.41 Å². The quantitative estimate of drug-likeness (QED) is 0.736. The van der Waals surface area contributed by atoms with Crippen LogP contribution in [0.5, 0.6) is 0 Å². The first-order valence-corrected chi connectivity index (χ1v) is 7.77. The molecule has 0 aliphatic carbocycles. The van der Waals surface area contributed by atoms with Crippen molar-refractivity contribution in [2.75, 3.05) is 25.5 Å². The highest BCUT2D eigenvalue weighted by molar-refractivity contribution is 6.07. The molecule has 1 aliphatic rings. The molecular formula is C19H23ClN2O. The molecule has 1 amide bonds. The first-order valence-electron chi connectivity index (χ1n) is 7.77. The van der Waals surface area contributed by atoms with E-state index in [1.165, 1.54) is 4.90 Å². The third-order valence-corrected chi connectivity index (χ3v) is 4.40. The van der Waals surface area contributed by atoms with Gasteiger partial charge >= 0.3 is 0 Å². The lowest BCUT2D eigenvalue weighted by Crippen LogP contribution is -3.07. The van der Waals surface area contributed by atoms with Gasteiger partial charge in [0.1, 0.15) is 5.41 Å². The van der Waals surface area contributed by atoms with Crippen LogP contribution in [0.2, 0.25) is 0 Å². The molecule has 0 saturated heterocycles. The minimum absolute atomic E-state index is 0. The Morgan fingerprint density at radius 2 is 1.61 bits per heavy atom. The van der Waals surface area contributed by atoms with Gasteiger partial charge in [0.2, 0.25) is 5.91 Å².